The molecule has 0 aromatic heterocycles. The second kappa shape index (κ2) is 6.94. The Morgan fingerprint density at radius 3 is 2.53 bits per heavy atom. The van der Waals surface area contributed by atoms with Crippen LogP contribution in [0.15, 0.2) is 28.7 Å². The number of halogens is 2. The van der Waals surface area contributed by atoms with Crippen LogP contribution in [0.4, 0.5) is 0 Å². The molecule has 1 fully saturated rings. The molecular weight excluding hydrogens is 340 g/mol. The van der Waals surface area contributed by atoms with E-state index in [0.717, 1.165) is 17.2 Å². The van der Waals surface area contributed by atoms with E-state index in [4.69, 9.17) is 0 Å². The first-order valence-electron chi connectivity index (χ1n) is 6.59. The molecule has 0 heterocycles. The van der Waals surface area contributed by atoms with E-state index in [1.54, 1.807) is 0 Å². The van der Waals surface area contributed by atoms with Crippen LogP contribution in [0.2, 0.25) is 0 Å². The minimum absolute atomic E-state index is 0.789. The first-order chi connectivity index (χ1) is 8.29. The molecule has 0 amide bonds. The van der Waals surface area contributed by atoms with E-state index in [2.05, 4.69) is 56.1 Å². The molecule has 1 saturated carbocycles. The van der Waals surface area contributed by atoms with Gasteiger partial charge in [-0.15, -0.1) is 0 Å². The van der Waals surface area contributed by atoms with Crippen molar-refractivity contribution in [2.24, 2.45) is 11.8 Å². The number of rotatable bonds is 5. The van der Waals surface area contributed by atoms with Gasteiger partial charge in [0.1, 0.15) is 0 Å². The van der Waals surface area contributed by atoms with Gasteiger partial charge in [-0.05, 0) is 36.3 Å². The van der Waals surface area contributed by atoms with Crippen LogP contribution in [0.3, 0.4) is 0 Å². The Bertz CT molecular complexity index is 343. The van der Waals surface area contributed by atoms with Gasteiger partial charge in [-0.3, -0.25) is 0 Å². The van der Waals surface area contributed by atoms with Crippen molar-refractivity contribution in [3.8, 4) is 0 Å². The minimum atomic E-state index is 0.789. The number of alkyl halides is 1. The second-order valence-electron chi connectivity index (χ2n) is 5.20. The molecule has 0 radical (unpaired) electrons. The maximum absolute atomic E-state index is 3.69. The summed E-state index contributed by atoms with van der Waals surface area (Å²) in [7, 11) is 0. The van der Waals surface area contributed by atoms with Crippen LogP contribution in [0.5, 0.6) is 0 Å². The average Bonchev–Trinajstić information content (AvgIpc) is 2.84. The van der Waals surface area contributed by atoms with Crippen LogP contribution in [-0.4, -0.2) is 5.33 Å². The summed E-state index contributed by atoms with van der Waals surface area (Å²) < 4.78 is 1.26. The molecule has 94 valence electrons. The van der Waals surface area contributed by atoms with Crippen LogP contribution in [0.25, 0.3) is 0 Å². The lowest BCUT2D eigenvalue weighted by molar-refractivity contribution is 0.402. The highest BCUT2D eigenvalue weighted by molar-refractivity contribution is 9.10. The van der Waals surface area contributed by atoms with Crippen LogP contribution in [-0.2, 0) is 6.42 Å². The lowest BCUT2D eigenvalue weighted by Crippen LogP contribution is -2.11. The Kier molecular flexibility index (Phi) is 5.55. The molecule has 1 aliphatic rings. The molecule has 2 heteroatoms. The van der Waals surface area contributed by atoms with Crippen molar-refractivity contribution in [2.75, 3.05) is 5.33 Å². The smallest absolute Gasteiger partial charge is 0.0207 e. The van der Waals surface area contributed by atoms with Gasteiger partial charge < -0.3 is 0 Å². The molecule has 1 unspecified atom stereocenters. The molecule has 0 bridgehead atoms. The first-order valence-corrected chi connectivity index (χ1v) is 8.50. The van der Waals surface area contributed by atoms with Crippen molar-refractivity contribution in [3.63, 3.8) is 0 Å². The van der Waals surface area contributed by atoms with E-state index in [9.17, 15) is 0 Å². The summed E-state index contributed by atoms with van der Waals surface area (Å²) in [5.41, 5.74) is 1.45. The predicted molar refractivity (Wildman–Crippen MR) is 81.7 cm³/mol. The predicted octanol–water partition coefficient (Wildman–Crippen LogP) is 5.58. The molecule has 0 aliphatic heterocycles. The summed E-state index contributed by atoms with van der Waals surface area (Å²) >= 11 is 7.34. The van der Waals surface area contributed by atoms with Gasteiger partial charge in [0.2, 0.25) is 0 Å². The molecule has 0 nitrogen and oxygen atoms in total. The quantitative estimate of drug-likeness (QED) is 0.601. The summed E-state index contributed by atoms with van der Waals surface area (Å²) in [6.45, 7) is 0. The van der Waals surface area contributed by atoms with Gasteiger partial charge in [-0.25, -0.2) is 0 Å². The van der Waals surface area contributed by atoms with Crippen molar-refractivity contribution in [3.05, 3.63) is 34.3 Å². The lowest BCUT2D eigenvalue weighted by Gasteiger charge is -2.19. The molecule has 2 rings (SSSR count). The molecule has 1 atom stereocenters. The zero-order valence-corrected chi connectivity index (χ0v) is 13.3. The second-order valence-corrected chi connectivity index (χ2v) is 6.70. The van der Waals surface area contributed by atoms with E-state index in [-0.39, 0.29) is 0 Å². The largest absolute Gasteiger partial charge is 0.0925 e. The molecule has 1 aromatic carbocycles. The summed E-state index contributed by atoms with van der Waals surface area (Å²) in [5.74, 6) is 1.77. The molecule has 0 saturated heterocycles. The van der Waals surface area contributed by atoms with Crippen molar-refractivity contribution in [1.82, 2.24) is 0 Å². The summed E-state index contributed by atoms with van der Waals surface area (Å²) in [4.78, 5) is 0. The summed E-state index contributed by atoms with van der Waals surface area (Å²) in [5, 5.41) is 1.13. The van der Waals surface area contributed by atoms with Crippen LogP contribution < -0.4 is 0 Å². The van der Waals surface area contributed by atoms with Crippen LogP contribution >= 0.6 is 31.9 Å². The monoisotopic (exact) mass is 358 g/mol. The Balaban J connectivity index is 1.92. The fraction of sp³-hybridized carbons (Fsp3) is 0.600. The Morgan fingerprint density at radius 2 is 1.88 bits per heavy atom. The zero-order chi connectivity index (χ0) is 12.1. The lowest BCUT2D eigenvalue weighted by atomic mass is 9.90. The van der Waals surface area contributed by atoms with E-state index < -0.39 is 0 Å². The van der Waals surface area contributed by atoms with Gasteiger partial charge in [0.05, 0.1) is 0 Å². The van der Waals surface area contributed by atoms with Crippen molar-refractivity contribution < 1.29 is 0 Å². The fourth-order valence-electron chi connectivity index (χ4n) is 2.89. The van der Waals surface area contributed by atoms with Gasteiger partial charge in [-0.2, -0.15) is 0 Å². The van der Waals surface area contributed by atoms with Crippen molar-refractivity contribution >= 4 is 31.9 Å². The van der Waals surface area contributed by atoms with Crippen LogP contribution in [0.1, 0.15) is 37.7 Å². The minimum Gasteiger partial charge on any atom is -0.0925 e. The third-order valence-corrected chi connectivity index (χ3v) is 5.52. The van der Waals surface area contributed by atoms with Gasteiger partial charge in [0.15, 0.2) is 0 Å². The Hall–Kier alpha value is 0.180. The van der Waals surface area contributed by atoms with E-state index in [1.807, 2.05) is 0 Å². The topological polar surface area (TPSA) is 0 Å². The van der Waals surface area contributed by atoms with Crippen molar-refractivity contribution in [2.45, 2.75) is 38.5 Å². The standard InChI is InChI=1S/C15H20Br2/c16-11-13(9-12-5-1-2-6-12)10-14-7-3-4-8-15(14)17/h3-4,7-8,12-13H,1-2,5-6,9-11H2. The number of hydrogen-bond donors (Lipinski definition) is 0. The highest BCUT2D eigenvalue weighted by atomic mass is 79.9. The third-order valence-electron chi connectivity index (χ3n) is 3.83. The van der Waals surface area contributed by atoms with Crippen molar-refractivity contribution in [1.29, 1.82) is 0 Å². The molecule has 0 N–H and O–H groups in total. The zero-order valence-electron chi connectivity index (χ0n) is 10.2. The van der Waals surface area contributed by atoms with Gasteiger partial charge in [-0.1, -0.05) is 75.7 Å². The van der Waals surface area contributed by atoms with E-state index >= 15 is 0 Å². The number of benzene rings is 1. The maximum atomic E-state index is 3.69. The third kappa shape index (κ3) is 4.10. The van der Waals surface area contributed by atoms with Gasteiger partial charge >= 0.3 is 0 Å². The summed E-state index contributed by atoms with van der Waals surface area (Å²) in [6, 6.07) is 8.62. The SMILES string of the molecule is BrCC(Cc1ccccc1Br)CC1CCCC1. The average molecular weight is 360 g/mol. The molecule has 0 spiro atoms. The Morgan fingerprint density at radius 1 is 1.18 bits per heavy atom. The first kappa shape index (κ1) is 13.6. The fourth-order valence-corrected chi connectivity index (χ4v) is 3.83. The summed E-state index contributed by atoms with van der Waals surface area (Å²) in [6.07, 6.45) is 8.41. The van der Waals surface area contributed by atoms with Gasteiger partial charge in [0, 0.05) is 9.80 Å². The highest BCUT2D eigenvalue weighted by Crippen LogP contribution is 2.32. The van der Waals surface area contributed by atoms with E-state index in [0.29, 0.717) is 0 Å². The highest BCUT2D eigenvalue weighted by Gasteiger charge is 2.20. The maximum Gasteiger partial charge on any atom is 0.0207 e. The van der Waals surface area contributed by atoms with Gasteiger partial charge in [0.25, 0.3) is 0 Å². The van der Waals surface area contributed by atoms with Crippen LogP contribution in [0, 0.1) is 11.8 Å². The molecular formula is C15H20Br2. The normalized spacial score (nSPS) is 18.5. The molecule has 17 heavy (non-hydrogen) atoms. The molecule has 1 aromatic rings. The molecule has 1 aliphatic carbocycles. The number of hydrogen-bond acceptors (Lipinski definition) is 0. The Labute approximate surface area is 121 Å². The van der Waals surface area contributed by atoms with E-state index in [1.165, 1.54) is 48.6 Å².